The van der Waals surface area contributed by atoms with Gasteiger partial charge in [-0.25, -0.2) is 0 Å². The van der Waals surface area contributed by atoms with Gasteiger partial charge in [-0.3, -0.25) is 4.79 Å². The van der Waals surface area contributed by atoms with E-state index in [9.17, 15) is 4.79 Å². The molecule has 0 saturated carbocycles. The Morgan fingerprint density at radius 3 is 2.53 bits per heavy atom. The highest BCUT2D eigenvalue weighted by atomic mass is 16.1. The third-order valence-electron chi connectivity index (χ3n) is 2.60. The Hall–Kier alpha value is -0.590. The van der Waals surface area contributed by atoms with Crippen LogP contribution in [0.4, 0.5) is 0 Å². The Balaban J connectivity index is 3.59. The molecule has 0 aromatic carbocycles. The molecule has 0 amide bonds. The molecule has 15 heavy (non-hydrogen) atoms. The Morgan fingerprint density at radius 1 is 1.33 bits per heavy atom. The first-order chi connectivity index (χ1) is 7.06. The van der Waals surface area contributed by atoms with Gasteiger partial charge < -0.3 is 0 Å². The Morgan fingerprint density at radius 2 is 2.00 bits per heavy atom. The molecule has 1 unspecified atom stereocenters. The molecule has 0 bridgehead atoms. The van der Waals surface area contributed by atoms with Crippen LogP contribution < -0.4 is 0 Å². The molecule has 0 aliphatic carbocycles. The molecule has 0 heterocycles. The molecular weight excluding hydrogens is 184 g/mol. The van der Waals surface area contributed by atoms with Crippen molar-refractivity contribution < 1.29 is 4.79 Å². The fourth-order valence-corrected chi connectivity index (χ4v) is 1.62. The number of unbranched alkanes of at least 4 members (excludes halogenated alkanes) is 1. The number of rotatable bonds is 8. The molecule has 0 aliphatic rings. The molecule has 1 heteroatoms. The second-order valence-corrected chi connectivity index (χ2v) is 4.81. The minimum atomic E-state index is 0.446. The second-order valence-electron chi connectivity index (χ2n) is 4.81. The van der Waals surface area contributed by atoms with Crippen molar-refractivity contribution in [1.29, 1.82) is 0 Å². The largest absolute Gasteiger partial charge is 0.300 e. The van der Waals surface area contributed by atoms with Gasteiger partial charge in [0, 0.05) is 12.8 Å². The highest BCUT2D eigenvalue weighted by Gasteiger charge is 2.07. The third kappa shape index (κ3) is 9.71. The van der Waals surface area contributed by atoms with Crippen LogP contribution in [0.25, 0.3) is 0 Å². The molecule has 1 atom stereocenters. The van der Waals surface area contributed by atoms with Gasteiger partial charge in [0.2, 0.25) is 0 Å². The predicted octanol–water partition coefficient (Wildman–Crippen LogP) is 4.52. The molecule has 0 fully saturated rings. The van der Waals surface area contributed by atoms with Gasteiger partial charge in [0.05, 0.1) is 0 Å². The summed E-state index contributed by atoms with van der Waals surface area (Å²) in [6.45, 7) is 8.56. The van der Waals surface area contributed by atoms with Gasteiger partial charge in [-0.15, -0.1) is 0 Å². The van der Waals surface area contributed by atoms with Gasteiger partial charge >= 0.3 is 0 Å². The normalized spacial score (nSPS) is 12.3. The second kappa shape index (κ2) is 8.70. The lowest BCUT2D eigenvalue weighted by atomic mass is 9.96. The van der Waals surface area contributed by atoms with E-state index >= 15 is 0 Å². The van der Waals surface area contributed by atoms with Crippen LogP contribution >= 0.6 is 0 Å². The summed E-state index contributed by atoms with van der Waals surface area (Å²) in [6, 6.07) is 0. The number of hydrogen-bond donors (Lipinski definition) is 0. The number of Topliss-reactive ketones (excluding diaryl/α,β-unsaturated/α-hetero) is 1. The van der Waals surface area contributed by atoms with E-state index in [0.717, 1.165) is 38.5 Å². The molecule has 0 N–H and O–H groups in total. The maximum Gasteiger partial charge on any atom is 0.133 e. The van der Waals surface area contributed by atoms with Crippen LogP contribution in [0.15, 0.2) is 11.6 Å². The fraction of sp³-hybridized carbons (Fsp3) is 0.786. The van der Waals surface area contributed by atoms with Crippen LogP contribution in [-0.4, -0.2) is 5.78 Å². The van der Waals surface area contributed by atoms with E-state index in [1.165, 1.54) is 5.57 Å². The Kier molecular flexibility index (Phi) is 8.35. The quantitative estimate of drug-likeness (QED) is 0.538. The summed E-state index contributed by atoms with van der Waals surface area (Å²) >= 11 is 0. The van der Waals surface area contributed by atoms with Crippen LogP contribution in [0.1, 0.15) is 66.2 Å². The molecule has 0 spiro atoms. The minimum absolute atomic E-state index is 0.446. The molecule has 0 rings (SSSR count). The number of hydrogen-bond acceptors (Lipinski definition) is 1. The van der Waals surface area contributed by atoms with Gasteiger partial charge in [0.15, 0.2) is 0 Å². The SMILES string of the molecule is CCCCC(=O)CC(C)CCC=C(C)C. The summed E-state index contributed by atoms with van der Waals surface area (Å²) in [5.74, 6) is 0.992. The first kappa shape index (κ1) is 14.4. The molecule has 0 aliphatic heterocycles. The van der Waals surface area contributed by atoms with Gasteiger partial charge in [0.1, 0.15) is 5.78 Å². The standard InChI is InChI=1S/C14H26O/c1-5-6-10-14(15)11-13(4)9-7-8-12(2)3/h8,13H,5-7,9-11H2,1-4H3. The van der Waals surface area contributed by atoms with Crippen LogP contribution in [0.2, 0.25) is 0 Å². The van der Waals surface area contributed by atoms with Gasteiger partial charge in [-0.05, 0) is 39.0 Å². The van der Waals surface area contributed by atoms with E-state index < -0.39 is 0 Å². The summed E-state index contributed by atoms with van der Waals surface area (Å²) in [5, 5.41) is 0. The maximum absolute atomic E-state index is 11.5. The van der Waals surface area contributed by atoms with Gasteiger partial charge in [-0.1, -0.05) is 31.9 Å². The molecule has 0 saturated heterocycles. The van der Waals surface area contributed by atoms with Crippen molar-refractivity contribution in [1.82, 2.24) is 0 Å². The smallest absolute Gasteiger partial charge is 0.133 e. The highest BCUT2D eigenvalue weighted by molar-refractivity contribution is 5.78. The zero-order valence-corrected chi connectivity index (χ0v) is 10.8. The van der Waals surface area contributed by atoms with Gasteiger partial charge in [0.25, 0.3) is 0 Å². The van der Waals surface area contributed by atoms with Gasteiger partial charge in [-0.2, -0.15) is 0 Å². The summed E-state index contributed by atoms with van der Waals surface area (Å²) in [6.07, 6.45) is 8.25. The summed E-state index contributed by atoms with van der Waals surface area (Å²) in [7, 11) is 0. The summed E-state index contributed by atoms with van der Waals surface area (Å²) in [5.41, 5.74) is 1.37. The first-order valence-electron chi connectivity index (χ1n) is 6.21. The van der Waals surface area contributed by atoms with Crippen molar-refractivity contribution >= 4 is 5.78 Å². The van der Waals surface area contributed by atoms with Crippen molar-refractivity contribution in [2.45, 2.75) is 66.2 Å². The van der Waals surface area contributed by atoms with Crippen LogP contribution in [0.3, 0.4) is 0 Å². The number of allylic oxidation sites excluding steroid dienone is 2. The average Bonchev–Trinajstić information content (AvgIpc) is 2.14. The predicted molar refractivity (Wildman–Crippen MR) is 67.0 cm³/mol. The van der Waals surface area contributed by atoms with Crippen molar-refractivity contribution in [3.05, 3.63) is 11.6 Å². The van der Waals surface area contributed by atoms with Crippen LogP contribution in [0, 0.1) is 5.92 Å². The molecule has 1 nitrogen and oxygen atoms in total. The number of carbonyl (C=O) groups is 1. The topological polar surface area (TPSA) is 17.1 Å². The fourth-order valence-electron chi connectivity index (χ4n) is 1.62. The van der Waals surface area contributed by atoms with E-state index in [1.807, 2.05) is 0 Å². The molecular formula is C14H26O. The average molecular weight is 210 g/mol. The summed E-state index contributed by atoms with van der Waals surface area (Å²) in [4.78, 5) is 11.5. The Labute approximate surface area is 95.0 Å². The van der Waals surface area contributed by atoms with Crippen molar-refractivity contribution in [2.75, 3.05) is 0 Å². The monoisotopic (exact) mass is 210 g/mol. The lowest BCUT2D eigenvalue weighted by Gasteiger charge is -2.08. The van der Waals surface area contributed by atoms with Crippen molar-refractivity contribution in [2.24, 2.45) is 5.92 Å². The van der Waals surface area contributed by atoms with E-state index in [0.29, 0.717) is 11.7 Å². The zero-order valence-electron chi connectivity index (χ0n) is 10.8. The molecule has 0 aromatic heterocycles. The van der Waals surface area contributed by atoms with Crippen molar-refractivity contribution in [3.63, 3.8) is 0 Å². The highest BCUT2D eigenvalue weighted by Crippen LogP contribution is 2.14. The minimum Gasteiger partial charge on any atom is -0.300 e. The molecule has 0 radical (unpaired) electrons. The molecule has 88 valence electrons. The zero-order chi connectivity index (χ0) is 11.7. The van der Waals surface area contributed by atoms with E-state index in [2.05, 4.69) is 33.8 Å². The number of carbonyl (C=O) groups excluding carboxylic acids is 1. The van der Waals surface area contributed by atoms with E-state index in [-0.39, 0.29) is 0 Å². The van der Waals surface area contributed by atoms with E-state index in [1.54, 1.807) is 0 Å². The summed E-state index contributed by atoms with van der Waals surface area (Å²) < 4.78 is 0. The van der Waals surface area contributed by atoms with Crippen LogP contribution in [0.5, 0.6) is 0 Å². The lowest BCUT2D eigenvalue weighted by Crippen LogP contribution is -2.05. The molecule has 0 aromatic rings. The van der Waals surface area contributed by atoms with Crippen LogP contribution in [-0.2, 0) is 4.79 Å². The maximum atomic E-state index is 11.5. The number of ketones is 1. The Bertz CT molecular complexity index is 199. The van der Waals surface area contributed by atoms with E-state index in [4.69, 9.17) is 0 Å². The third-order valence-corrected chi connectivity index (χ3v) is 2.60. The first-order valence-corrected chi connectivity index (χ1v) is 6.21. The lowest BCUT2D eigenvalue weighted by molar-refractivity contribution is -0.120. The van der Waals surface area contributed by atoms with Crippen molar-refractivity contribution in [3.8, 4) is 0 Å².